The van der Waals surface area contributed by atoms with Crippen LogP contribution in [0.1, 0.15) is 41.5 Å². The first-order valence-electron chi connectivity index (χ1n) is 8.48. The van der Waals surface area contributed by atoms with Crippen molar-refractivity contribution in [3.05, 3.63) is 51.4 Å². The number of nitrogens with one attached hydrogen (secondary N) is 2. The molecular weight excluding hydrogens is 368 g/mol. The standard InChI is InChI=1S/C19H20N2O5S/c1-21-9-8-13-14(10-21)27-17(15(13)19(24)26-3)20-16(22)11-4-6-12(7-5-11)18(23)25-2/h4-7H,8-10H2,1-3H3,(H,20,22)/p+1. The molecular formula is C19H21N2O5S+. The third-order valence-corrected chi connectivity index (χ3v) is 5.69. The third-order valence-electron chi connectivity index (χ3n) is 4.54. The Morgan fingerprint density at radius 3 is 2.30 bits per heavy atom. The summed E-state index contributed by atoms with van der Waals surface area (Å²) in [4.78, 5) is 38.9. The van der Waals surface area contributed by atoms with Crippen molar-refractivity contribution in [2.24, 2.45) is 0 Å². The molecule has 0 aliphatic carbocycles. The second kappa shape index (κ2) is 7.89. The number of likely N-dealkylation sites (N-methyl/N-ethyl adjacent to an activating group) is 1. The first-order chi connectivity index (χ1) is 12.9. The van der Waals surface area contributed by atoms with E-state index in [2.05, 4.69) is 17.1 Å². The maximum absolute atomic E-state index is 12.6. The summed E-state index contributed by atoms with van der Waals surface area (Å²) >= 11 is 1.42. The maximum Gasteiger partial charge on any atom is 0.341 e. The number of carbonyl (C=O) groups excluding carboxylic acids is 3. The van der Waals surface area contributed by atoms with E-state index in [0.717, 1.165) is 30.0 Å². The van der Waals surface area contributed by atoms with Crippen LogP contribution in [0.25, 0.3) is 0 Å². The first-order valence-corrected chi connectivity index (χ1v) is 9.30. The normalized spacial score (nSPS) is 15.6. The monoisotopic (exact) mass is 389 g/mol. The highest BCUT2D eigenvalue weighted by Crippen LogP contribution is 2.35. The van der Waals surface area contributed by atoms with Crippen LogP contribution < -0.4 is 10.2 Å². The average Bonchev–Trinajstić information content (AvgIpc) is 3.03. The average molecular weight is 389 g/mol. The van der Waals surface area contributed by atoms with Gasteiger partial charge in [0.2, 0.25) is 0 Å². The summed E-state index contributed by atoms with van der Waals surface area (Å²) in [5.74, 6) is -1.26. The fourth-order valence-corrected chi connectivity index (χ4v) is 4.42. The van der Waals surface area contributed by atoms with Crippen LogP contribution in [-0.2, 0) is 22.4 Å². The van der Waals surface area contributed by atoms with E-state index in [0.29, 0.717) is 21.7 Å². The molecule has 2 heterocycles. The Morgan fingerprint density at radius 2 is 1.67 bits per heavy atom. The van der Waals surface area contributed by atoms with Crippen LogP contribution in [0.5, 0.6) is 0 Å². The number of fused-ring (bicyclic) bond motifs is 1. The Kier molecular flexibility index (Phi) is 5.57. The Hall–Kier alpha value is -2.71. The Morgan fingerprint density at radius 1 is 1.04 bits per heavy atom. The SMILES string of the molecule is COC(=O)c1ccc(C(=O)Nc2sc3c(c2C(=O)OC)CC[NH+](C)C3)cc1. The molecule has 1 atom stereocenters. The summed E-state index contributed by atoms with van der Waals surface area (Å²) in [6.07, 6.45) is 0.770. The van der Waals surface area contributed by atoms with E-state index in [-0.39, 0.29) is 5.91 Å². The molecule has 7 nitrogen and oxygen atoms in total. The summed E-state index contributed by atoms with van der Waals surface area (Å²) < 4.78 is 9.58. The van der Waals surface area contributed by atoms with Gasteiger partial charge in [0.25, 0.3) is 5.91 Å². The minimum absolute atomic E-state index is 0.351. The fraction of sp³-hybridized carbons (Fsp3) is 0.316. The lowest BCUT2D eigenvalue weighted by Crippen LogP contribution is -3.08. The molecule has 0 bridgehead atoms. The molecule has 0 saturated carbocycles. The molecule has 1 aliphatic rings. The van der Waals surface area contributed by atoms with Crippen molar-refractivity contribution in [1.82, 2.24) is 0 Å². The molecule has 8 heteroatoms. The summed E-state index contributed by atoms with van der Waals surface area (Å²) in [5, 5.41) is 3.33. The fourth-order valence-electron chi connectivity index (χ4n) is 3.08. The van der Waals surface area contributed by atoms with E-state index >= 15 is 0 Å². The van der Waals surface area contributed by atoms with Gasteiger partial charge >= 0.3 is 11.9 Å². The van der Waals surface area contributed by atoms with Crippen molar-refractivity contribution in [1.29, 1.82) is 0 Å². The Bertz CT molecular complexity index is 888. The second-order valence-corrected chi connectivity index (χ2v) is 7.46. The number of amides is 1. The van der Waals surface area contributed by atoms with Gasteiger partial charge in [-0.05, 0) is 29.8 Å². The van der Waals surface area contributed by atoms with E-state index < -0.39 is 11.9 Å². The van der Waals surface area contributed by atoms with E-state index in [9.17, 15) is 14.4 Å². The number of anilines is 1. The number of hydrogen-bond donors (Lipinski definition) is 2. The number of ether oxygens (including phenoxy) is 2. The predicted octanol–water partition coefficient (Wildman–Crippen LogP) is 1.14. The van der Waals surface area contributed by atoms with Crippen molar-refractivity contribution in [2.45, 2.75) is 13.0 Å². The van der Waals surface area contributed by atoms with Gasteiger partial charge in [-0.15, -0.1) is 11.3 Å². The minimum atomic E-state index is -0.465. The van der Waals surface area contributed by atoms with E-state index in [1.807, 2.05) is 0 Å². The van der Waals surface area contributed by atoms with Gasteiger partial charge in [-0.25, -0.2) is 9.59 Å². The van der Waals surface area contributed by atoms with Crippen LogP contribution >= 0.6 is 11.3 Å². The van der Waals surface area contributed by atoms with E-state index in [1.165, 1.54) is 42.6 Å². The second-order valence-electron chi connectivity index (χ2n) is 6.36. The summed E-state index contributed by atoms with van der Waals surface area (Å²) in [6, 6.07) is 6.15. The number of rotatable bonds is 4. The van der Waals surface area contributed by atoms with Crippen molar-refractivity contribution in [3.63, 3.8) is 0 Å². The van der Waals surface area contributed by atoms with Gasteiger partial charge in [0, 0.05) is 12.0 Å². The number of carbonyl (C=O) groups is 3. The molecule has 1 aromatic heterocycles. The van der Waals surface area contributed by atoms with Gasteiger partial charge in [-0.2, -0.15) is 0 Å². The van der Waals surface area contributed by atoms with E-state index in [4.69, 9.17) is 4.74 Å². The van der Waals surface area contributed by atoms with Crippen LogP contribution in [0, 0.1) is 0 Å². The molecule has 0 radical (unpaired) electrons. The van der Waals surface area contributed by atoms with Crippen molar-refractivity contribution in [3.8, 4) is 0 Å². The lowest BCUT2D eigenvalue weighted by atomic mass is 10.0. The quantitative estimate of drug-likeness (QED) is 0.766. The molecule has 1 aliphatic heterocycles. The number of thiophene rings is 1. The molecule has 3 rings (SSSR count). The maximum atomic E-state index is 12.6. The van der Waals surface area contributed by atoms with Crippen molar-refractivity contribution in [2.75, 3.05) is 33.1 Å². The van der Waals surface area contributed by atoms with Gasteiger partial charge in [-0.1, -0.05) is 0 Å². The molecule has 2 aromatic rings. The third kappa shape index (κ3) is 3.86. The number of benzene rings is 1. The predicted molar refractivity (Wildman–Crippen MR) is 101 cm³/mol. The van der Waals surface area contributed by atoms with Crippen LogP contribution in [0.4, 0.5) is 5.00 Å². The highest BCUT2D eigenvalue weighted by molar-refractivity contribution is 7.17. The Labute approximate surface area is 160 Å². The zero-order valence-corrected chi connectivity index (χ0v) is 16.2. The summed E-state index contributed by atoms with van der Waals surface area (Å²) in [7, 11) is 4.74. The summed E-state index contributed by atoms with van der Waals surface area (Å²) in [5.41, 5.74) is 2.16. The Balaban J connectivity index is 1.87. The lowest BCUT2D eigenvalue weighted by Gasteiger charge is -2.19. The topological polar surface area (TPSA) is 86.1 Å². The molecule has 0 fully saturated rings. The number of methoxy groups -OCH3 is 2. The van der Waals surface area contributed by atoms with Gasteiger partial charge < -0.3 is 19.7 Å². The largest absolute Gasteiger partial charge is 0.465 e. The van der Waals surface area contributed by atoms with Crippen LogP contribution in [0.3, 0.4) is 0 Å². The molecule has 1 amide bonds. The van der Waals surface area contributed by atoms with Crippen LogP contribution in [0.15, 0.2) is 24.3 Å². The smallest absolute Gasteiger partial charge is 0.341 e. The van der Waals surface area contributed by atoms with E-state index in [1.54, 1.807) is 12.1 Å². The minimum Gasteiger partial charge on any atom is -0.465 e. The molecule has 0 saturated heterocycles. The van der Waals surface area contributed by atoms with Crippen LogP contribution in [0.2, 0.25) is 0 Å². The van der Waals surface area contributed by atoms with Crippen molar-refractivity contribution < 1.29 is 28.8 Å². The number of quaternary nitrogens is 1. The molecule has 1 aromatic carbocycles. The van der Waals surface area contributed by atoms with Gasteiger partial charge in [0.15, 0.2) is 0 Å². The van der Waals surface area contributed by atoms with Gasteiger partial charge in [-0.3, -0.25) is 4.79 Å². The lowest BCUT2D eigenvalue weighted by molar-refractivity contribution is -0.895. The summed E-state index contributed by atoms with van der Waals surface area (Å²) in [6.45, 7) is 1.74. The molecule has 142 valence electrons. The zero-order chi connectivity index (χ0) is 19.6. The highest BCUT2D eigenvalue weighted by atomic mass is 32.1. The molecule has 2 N–H and O–H groups in total. The first kappa shape index (κ1) is 19.1. The van der Waals surface area contributed by atoms with Gasteiger partial charge in [0.05, 0.1) is 43.8 Å². The molecule has 1 unspecified atom stereocenters. The van der Waals surface area contributed by atoms with Crippen molar-refractivity contribution >= 4 is 34.2 Å². The molecule has 0 spiro atoms. The molecule has 27 heavy (non-hydrogen) atoms. The number of esters is 2. The number of hydrogen-bond acceptors (Lipinski definition) is 6. The van der Waals surface area contributed by atoms with Gasteiger partial charge in [0.1, 0.15) is 11.5 Å². The zero-order valence-electron chi connectivity index (χ0n) is 15.4. The highest BCUT2D eigenvalue weighted by Gasteiger charge is 2.30. The van der Waals surface area contributed by atoms with Crippen LogP contribution in [-0.4, -0.2) is 45.7 Å².